The number of hydrogen-bond donors (Lipinski definition) is 3. The summed E-state index contributed by atoms with van der Waals surface area (Å²) in [5.41, 5.74) is 0.0511. The molecule has 0 radical (unpaired) electrons. The highest BCUT2D eigenvalue weighted by atomic mass is 16.5. The summed E-state index contributed by atoms with van der Waals surface area (Å²) >= 11 is 0. The summed E-state index contributed by atoms with van der Waals surface area (Å²) in [5.74, 6) is -0.690. The minimum absolute atomic E-state index is 0.0847. The molecular formula is C13H12N4O4. The summed E-state index contributed by atoms with van der Waals surface area (Å²) in [4.78, 5) is 30.6. The highest BCUT2D eigenvalue weighted by molar-refractivity contribution is 6.04. The van der Waals surface area contributed by atoms with E-state index in [1.54, 1.807) is 12.1 Å². The number of ether oxygens (including phenoxy) is 1. The summed E-state index contributed by atoms with van der Waals surface area (Å²) in [6.45, 7) is 0. The molecule has 1 heterocycles. The van der Waals surface area contributed by atoms with Crippen LogP contribution in [0.2, 0.25) is 0 Å². The van der Waals surface area contributed by atoms with Crippen LogP contribution in [0.5, 0.6) is 5.75 Å². The Kier molecular flexibility index (Phi) is 4.30. The van der Waals surface area contributed by atoms with Gasteiger partial charge in [0, 0.05) is 12.4 Å². The zero-order valence-electron chi connectivity index (χ0n) is 11.0. The lowest BCUT2D eigenvalue weighted by molar-refractivity contribution is 0.0697. The van der Waals surface area contributed by atoms with E-state index in [4.69, 9.17) is 9.84 Å². The van der Waals surface area contributed by atoms with Crippen molar-refractivity contribution in [3.05, 3.63) is 42.2 Å². The molecule has 1 aromatic carbocycles. The molecule has 0 aliphatic rings. The van der Waals surface area contributed by atoms with Crippen molar-refractivity contribution in [3.63, 3.8) is 0 Å². The van der Waals surface area contributed by atoms with Crippen molar-refractivity contribution in [2.45, 2.75) is 0 Å². The fourth-order valence-electron chi connectivity index (χ4n) is 1.56. The number of urea groups is 1. The number of amides is 2. The van der Waals surface area contributed by atoms with Gasteiger partial charge in [0.25, 0.3) is 0 Å². The number of methoxy groups -OCH3 is 1. The number of nitrogens with zero attached hydrogens (tertiary/aromatic N) is 2. The van der Waals surface area contributed by atoms with Crippen LogP contribution in [0.4, 0.5) is 16.4 Å². The standard InChI is InChI=1S/C13H12N4O4/c1-21-8-3-4-10(9(7-8)11(18)19)16-13(20)17-12-14-5-2-6-15-12/h2-7H,1H3,(H,18,19)(H2,14,15,16,17,20). The quantitative estimate of drug-likeness (QED) is 0.791. The third kappa shape index (κ3) is 3.66. The first kappa shape index (κ1) is 14.3. The van der Waals surface area contributed by atoms with Crippen LogP contribution < -0.4 is 15.4 Å². The fraction of sp³-hybridized carbons (Fsp3) is 0.0769. The number of aromatic carboxylic acids is 1. The average Bonchev–Trinajstić information content (AvgIpc) is 2.48. The van der Waals surface area contributed by atoms with E-state index < -0.39 is 12.0 Å². The SMILES string of the molecule is COc1ccc(NC(=O)Nc2ncccn2)c(C(=O)O)c1. The Morgan fingerprint density at radius 2 is 1.90 bits per heavy atom. The summed E-state index contributed by atoms with van der Waals surface area (Å²) in [7, 11) is 1.42. The van der Waals surface area contributed by atoms with Gasteiger partial charge in [-0.1, -0.05) is 0 Å². The van der Waals surface area contributed by atoms with Crippen molar-refractivity contribution in [3.8, 4) is 5.75 Å². The lowest BCUT2D eigenvalue weighted by atomic mass is 10.1. The Morgan fingerprint density at radius 3 is 2.52 bits per heavy atom. The van der Waals surface area contributed by atoms with Gasteiger partial charge in [0.15, 0.2) is 0 Å². The van der Waals surface area contributed by atoms with Gasteiger partial charge in [0.2, 0.25) is 5.95 Å². The molecule has 8 nitrogen and oxygen atoms in total. The van der Waals surface area contributed by atoms with E-state index in [1.165, 1.54) is 31.6 Å². The Morgan fingerprint density at radius 1 is 1.19 bits per heavy atom. The van der Waals surface area contributed by atoms with Crippen LogP contribution in [0, 0.1) is 0 Å². The molecule has 0 aliphatic carbocycles. The highest BCUT2D eigenvalue weighted by Gasteiger charge is 2.14. The minimum Gasteiger partial charge on any atom is -0.497 e. The molecule has 2 aromatic rings. The number of aromatic nitrogens is 2. The first-order valence-electron chi connectivity index (χ1n) is 5.86. The van der Waals surface area contributed by atoms with E-state index in [9.17, 15) is 9.59 Å². The summed E-state index contributed by atoms with van der Waals surface area (Å²) in [5, 5.41) is 14.0. The van der Waals surface area contributed by atoms with E-state index in [-0.39, 0.29) is 17.2 Å². The number of carbonyl (C=O) groups excluding carboxylic acids is 1. The Bertz CT molecular complexity index is 660. The van der Waals surface area contributed by atoms with Gasteiger partial charge in [-0.25, -0.2) is 19.6 Å². The van der Waals surface area contributed by atoms with Crippen LogP contribution in [0.15, 0.2) is 36.7 Å². The Balaban J connectivity index is 2.15. The molecule has 0 saturated carbocycles. The van der Waals surface area contributed by atoms with Crippen LogP contribution in [-0.4, -0.2) is 34.2 Å². The van der Waals surface area contributed by atoms with Crippen LogP contribution in [0.1, 0.15) is 10.4 Å². The fourth-order valence-corrected chi connectivity index (χ4v) is 1.56. The van der Waals surface area contributed by atoms with E-state index in [2.05, 4.69) is 20.6 Å². The third-order valence-corrected chi connectivity index (χ3v) is 2.50. The molecule has 2 rings (SSSR count). The van der Waals surface area contributed by atoms with E-state index in [0.717, 1.165) is 0 Å². The number of benzene rings is 1. The normalized spacial score (nSPS) is 9.76. The molecule has 0 spiro atoms. The zero-order valence-corrected chi connectivity index (χ0v) is 11.0. The van der Waals surface area contributed by atoms with Gasteiger partial charge in [-0.05, 0) is 24.3 Å². The van der Waals surface area contributed by atoms with E-state index in [1.807, 2.05) is 0 Å². The van der Waals surface area contributed by atoms with E-state index in [0.29, 0.717) is 5.75 Å². The zero-order chi connectivity index (χ0) is 15.2. The summed E-state index contributed by atoms with van der Waals surface area (Å²) in [6.07, 6.45) is 2.94. The van der Waals surface area contributed by atoms with Crippen LogP contribution >= 0.6 is 0 Å². The van der Waals surface area contributed by atoms with Crippen molar-refractivity contribution in [2.75, 3.05) is 17.7 Å². The van der Waals surface area contributed by atoms with Gasteiger partial charge >= 0.3 is 12.0 Å². The van der Waals surface area contributed by atoms with Crippen LogP contribution in [0.3, 0.4) is 0 Å². The molecule has 0 bridgehead atoms. The number of carboxylic acid groups (broad SMARTS) is 1. The number of anilines is 2. The first-order valence-corrected chi connectivity index (χ1v) is 5.86. The maximum Gasteiger partial charge on any atom is 0.337 e. The molecule has 2 amide bonds. The van der Waals surface area contributed by atoms with Gasteiger partial charge in [0.05, 0.1) is 18.4 Å². The topological polar surface area (TPSA) is 113 Å². The molecule has 3 N–H and O–H groups in total. The Labute approximate surface area is 119 Å². The third-order valence-electron chi connectivity index (χ3n) is 2.50. The molecule has 0 atom stereocenters. The van der Waals surface area contributed by atoms with Crippen molar-refractivity contribution >= 4 is 23.6 Å². The molecule has 21 heavy (non-hydrogen) atoms. The van der Waals surface area contributed by atoms with Gasteiger partial charge in [0.1, 0.15) is 5.75 Å². The smallest absolute Gasteiger partial charge is 0.337 e. The van der Waals surface area contributed by atoms with Gasteiger partial charge < -0.3 is 15.2 Å². The molecule has 108 valence electrons. The largest absolute Gasteiger partial charge is 0.497 e. The number of carbonyl (C=O) groups is 2. The second kappa shape index (κ2) is 6.33. The number of hydrogen-bond acceptors (Lipinski definition) is 5. The maximum absolute atomic E-state index is 11.8. The molecule has 0 unspecified atom stereocenters. The molecule has 8 heteroatoms. The van der Waals surface area contributed by atoms with Crippen LogP contribution in [-0.2, 0) is 0 Å². The van der Waals surface area contributed by atoms with E-state index >= 15 is 0 Å². The lowest BCUT2D eigenvalue weighted by Crippen LogP contribution is -2.22. The lowest BCUT2D eigenvalue weighted by Gasteiger charge is -2.10. The monoisotopic (exact) mass is 288 g/mol. The van der Waals surface area contributed by atoms with Crippen molar-refractivity contribution in [2.24, 2.45) is 0 Å². The second-order valence-corrected chi connectivity index (χ2v) is 3.87. The maximum atomic E-state index is 11.8. The number of nitrogens with one attached hydrogen (secondary N) is 2. The van der Waals surface area contributed by atoms with Gasteiger partial charge in [-0.3, -0.25) is 5.32 Å². The molecular weight excluding hydrogens is 276 g/mol. The predicted octanol–water partition coefficient (Wildman–Crippen LogP) is 1.83. The van der Waals surface area contributed by atoms with Gasteiger partial charge in [-0.15, -0.1) is 0 Å². The van der Waals surface area contributed by atoms with Crippen molar-refractivity contribution in [1.29, 1.82) is 0 Å². The second-order valence-electron chi connectivity index (χ2n) is 3.87. The molecule has 1 aromatic heterocycles. The Hall–Kier alpha value is -3.16. The van der Waals surface area contributed by atoms with Crippen molar-refractivity contribution in [1.82, 2.24) is 9.97 Å². The summed E-state index contributed by atoms with van der Waals surface area (Å²) < 4.78 is 4.95. The number of rotatable bonds is 4. The van der Waals surface area contributed by atoms with Gasteiger partial charge in [-0.2, -0.15) is 0 Å². The average molecular weight is 288 g/mol. The van der Waals surface area contributed by atoms with Crippen molar-refractivity contribution < 1.29 is 19.4 Å². The minimum atomic E-state index is -1.18. The number of carboxylic acids is 1. The first-order chi connectivity index (χ1) is 10.1. The molecule has 0 saturated heterocycles. The predicted molar refractivity (Wildman–Crippen MR) is 74.6 cm³/mol. The highest BCUT2D eigenvalue weighted by Crippen LogP contribution is 2.22. The summed E-state index contributed by atoms with van der Waals surface area (Å²) in [6, 6.07) is 5.26. The molecule has 0 aliphatic heterocycles. The molecule has 0 fully saturated rings. The van der Waals surface area contributed by atoms with Crippen LogP contribution in [0.25, 0.3) is 0 Å².